The number of ether oxygens (including phenoxy) is 3. The van der Waals surface area contributed by atoms with Gasteiger partial charge in [0.05, 0.1) is 43.7 Å². The van der Waals surface area contributed by atoms with E-state index in [0.717, 1.165) is 5.56 Å². The van der Waals surface area contributed by atoms with Gasteiger partial charge in [-0.1, -0.05) is 72.8 Å². The number of aliphatic hydroxyl groups is 1. The molecule has 3 fully saturated rings. The minimum Gasteiger partial charge on any atom is -0.497 e. The highest BCUT2D eigenvalue weighted by atomic mass is 16.6. The molecule has 0 aliphatic carbocycles. The molecule has 3 aliphatic rings. The third-order valence-electron chi connectivity index (χ3n) is 10.9. The van der Waals surface area contributed by atoms with Crippen molar-refractivity contribution in [3.05, 3.63) is 121 Å². The quantitative estimate of drug-likeness (QED) is 0.147. The monoisotopic (exact) mass is 735 g/mol. The minimum absolute atomic E-state index is 0.136. The standard InChI is InChI=1S/C43H49N3O8/c1-5-7-18-35(48)44-28(3)38(30-16-12-9-13-17-30)53-42(51)36-34-23-24-43(54-34)37(36)40(49)46(32(27-47)26-29-14-10-8-11-15-29)39(43)41(50)45(25-6-2)31-19-21-33(52-4)22-20-31/h5-6,8-17,19-22,28,32,34,36-39,47H,1-2,7,18,23-27H2,3-4H3,(H,44,48)/t28-,32-,34+,36-,37-,38-,39+,43-/m1/s1. The Morgan fingerprint density at radius 3 is 2.35 bits per heavy atom. The van der Waals surface area contributed by atoms with Crippen molar-refractivity contribution in [3.8, 4) is 5.75 Å². The molecule has 6 rings (SSSR count). The molecule has 0 aromatic heterocycles. The van der Waals surface area contributed by atoms with Crippen LogP contribution in [-0.2, 0) is 35.1 Å². The van der Waals surface area contributed by atoms with E-state index < -0.39 is 72.2 Å². The maximum Gasteiger partial charge on any atom is 0.313 e. The molecule has 11 nitrogen and oxygen atoms in total. The third kappa shape index (κ3) is 7.43. The van der Waals surface area contributed by atoms with Crippen molar-refractivity contribution in [2.24, 2.45) is 11.8 Å². The fraction of sp³-hybridized carbons (Fsp3) is 0.395. The summed E-state index contributed by atoms with van der Waals surface area (Å²) < 4.78 is 18.4. The Morgan fingerprint density at radius 2 is 1.72 bits per heavy atom. The Bertz CT molecular complexity index is 1820. The van der Waals surface area contributed by atoms with Crippen molar-refractivity contribution in [1.82, 2.24) is 10.2 Å². The number of fused-ring (bicyclic) bond motifs is 1. The summed E-state index contributed by atoms with van der Waals surface area (Å²) in [4.78, 5) is 60.4. The van der Waals surface area contributed by atoms with Crippen LogP contribution >= 0.6 is 0 Å². The molecule has 0 radical (unpaired) electrons. The van der Waals surface area contributed by atoms with Gasteiger partial charge in [0.15, 0.2) is 0 Å². The van der Waals surface area contributed by atoms with E-state index in [-0.39, 0.29) is 25.3 Å². The number of likely N-dealkylation sites (tertiary alicyclic amines) is 1. The molecule has 1 spiro atoms. The third-order valence-corrected chi connectivity index (χ3v) is 10.9. The second-order valence-corrected chi connectivity index (χ2v) is 14.2. The topological polar surface area (TPSA) is 135 Å². The summed E-state index contributed by atoms with van der Waals surface area (Å²) in [6, 6.07) is 23.1. The molecular weight excluding hydrogens is 686 g/mol. The van der Waals surface area contributed by atoms with Crippen molar-refractivity contribution < 1.29 is 38.5 Å². The van der Waals surface area contributed by atoms with Gasteiger partial charge in [0.25, 0.3) is 5.91 Å². The molecule has 2 N–H and O–H groups in total. The van der Waals surface area contributed by atoms with Gasteiger partial charge in [-0.2, -0.15) is 0 Å². The summed E-state index contributed by atoms with van der Waals surface area (Å²) in [6.45, 7) is 9.07. The largest absolute Gasteiger partial charge is 0.497 e. The van der Waals surface area contributed by atoms with E-state index in [1.54, 1.807) is 55.4 Å². The van der Waals surface area contributed by atoms with Crippen molar-refractivity contribution in [1.29, 1.82) is 0 Å². The van der Waals surface area contributed by atoms with Crippen LogP contribution in [0.2, 0.25) is 0 Å². The Hall–Kier alpha value is -5.26. The number of carbonyl (C=O) groups excluding carboxylic acids is 4. The SMILES string of the molecule is C=CCCC(=O)N[C@H](C)[C@@H](OC(=O)[C@@H]1[C@@H]2CC[C@]3(O2)[C@H](C(=O)N(CC=C)c2ccc(OC)cc2)N([C@@H](CO)Cc2ccccc2)C(=O)[C@@H]13)c1ccccc1. The number of carbonyl (C=O) groups is 4. The number of nitrogens with zero attached hydrogens (tertiary/aromatic N) is 2. The van der Waals surface area contributed by atoms with Crippen LogP contribution in [0.4, 0.5) is 5.69 Å². The predicted octanol–water partition coefficient (Wildman–Crippen LogP) is 4.95. The summed E-state index contributed by atoms with van der Waals surface area (Å²) in [5, 5.41) is 13.9. The molecule has 3 heterocycles. The number of hydrogen-bond donors (Lipinski definition) is 2. The average Bonchev–Trinajstić information content (AvgIpc) is 3.85. The lowest BCUT2D eigenvalue weighted by Crippen LogP contribution is -2.59. The molecule has 3 aromatic carbocycles. The smallest absolute Gasteiger partial charge is 0.313 e. The number of hydrogen-bond acceptors (Lipinski definition) is 8. The van der Waals surface area contributed by atoms with E-state index in [1.165, 1.54) is 4.90 Å². The van der Waals surface area contributed by atoms with E-state index in [0.29, 0.717) is 36.3 Å². The fourth-order valence-corrected chi connectivity index (χ4v) is 8.47. The van der Waals surface area contributed by atoms with Crippen LogP contribution in [0.15, 0.2) is 110 Å². The Morgan fingerprint density at radius 1 is 1.04 bits per heavy atom. The van der Waals surface area contributed by atoms with Gasteiger partial charge >= 0.3 is 5.97 Å². The number of benzene rings is 3. The second kappa shape index (κ2) is 16.8. The van der Waals surface area contributed by atoms with Crippen LogP contribution in [0.3, 0.4) is 0 Å². The number of amides is 3. The first-order valence-corrected chi connectivity index (χ1v) is 18.5. The van der Waals surface area contributed by atoms with Gasteiger partial charge in [-0.15, -0.1) is 13.2 Å². The molecule has 284 valence electrons. The van der Waals surface area contributed by atoms with Crippen molar-refractivity contribution in [3.63, 3.8) is 0 Å². The average molecular weight is 736 g/mol. The molecule has 3 amide bonds. The summed E-state index contributed by atoms with van der Waals surface area (Å²) in [6.07, 6.45) is 3.53. The number of aliphatic hydroxyl groups excluding tert-OH is 1. The highest BCUT2D eigenvalue weighted by Crippen LogP contribution is 2.59. The first kappa shape index (κ1) is 38.5. The first-order valence-electron chi connectivity index (χ1n) is 18.5. The highest BCUT2D eigenvalue weighted by molar-refractivity contribution is 6.05. The summed E-state index contributed by atoms with van der Waals surface area (Å²) in [7, 11) is 1.56. The minimum atomic E-state index is -1.36. The predicted molar refractivity (Wildman–Crippen MR) is 203 cm³/mol. The molecular formula is C43H49N3O8. The summed E-state index contributed by atoms with van der Waals surface area (Å²) in [5.74, 6) is -3.15. The summed E-state index contributed by atoms with van der Waals surface area (Å²) in [5.41, 5.74) is 0.760. The number of esters is 1. The van der Waals surface area contributed by atoms with Gasteiger partial charge < -0.3 is 34.4 Å². The van der Waals surface area contributed by atoms with E-state index in [2.05, 4.69) is 18.5 Å². The highest BCUT2D eigenvalue weighted by Gasteiger charge is 2.75. The van der Waals surface area contributed by atoms with E-state index >= 15 is 4.79 Å². The zero-order valence-corrected chi connectivity index (χ0v) is 30.8. The van der Waals surface area contributed by atoms with Gasteiger partial charge in [-0.25, -0.2) is 0 Å². The van der Waals surface area contributed by atoms with E-state index in [4.69, 9.17) is 14.2 Å². The van der Waals surface area contributed by atoms with Crippen LogP contribution < -0.4 is 15.0 Å². The zero-order chi connectivity index (χ0) is 38.4. The Kier molecular flexibility index (Phi) is 12.0. The molecule has 3 aromatic rings. The van der Waals surface area contributed by atoms with Crippen LogP contribution in [-0.4, -0.2) is 83.8 Å². The second-order valence-electron chi connectivity index (χ2n) is 14.2. The normalized spacial score (nSPS) is 24.2. The Labute approximate surface area is 316 Å². The van der Waals surface area contributed by atoms with E-state index in [9.17, 15) is 19.5 Å². The van der Waals surface area contributed by atoms with Crippen LogP contribution in [0, 0.1) is 11.8 Å². The van der Waals surface area contributed by atoms with Gasteiger partial charge in [0, 0.05) is 18.7 Å². The zero-order valence-electron chi connectivity index (χ0n) is 30.8. The molecule has 3 saturated heterocycles. The molecule has 8 atom stereocenters. The molecule has 54 heavy (non-hydrogen) atoms. The van der Waals surface area contributed by atoms with Crippen LogP contribution in [0.1, 0.15) is 49.8 Å². The van der Waals surface area contributed by atoms with Gasteiger partial charge in [-0.05, 0) is 68.0 Å². The van der Waals surface area contributed by atoms with Gasteiger partial charge in [0.1, 0.15) is 23.5 Å². The number of allylic oxidation sites excluding steroid dienone is 1. The lowest BCUT2D eigenvalue weighted by Gasteiger charge is -2.39. The maximum atomic E-state index is 15.1. The van der Waals surface area contributed by atoms with Gasteiger partial charge in [0.2, 0.25) is 11.8 Å². The maximum absolute atomic E-state index is 15.1. The van der Waals surface area contributed by atoms with Crippen LogP contribution in [0.5, 0.6) is 5.75 Å². The molecule has 2 bridgehead atoms. The fourth-order valence-electron chi connectivity index (χ4n) is 8.47. The molecule has 0 saturated carbocycles. The van der Waals surface area contributed by atoms with Crippen LogP contribution in [0.25, 0.3) is 0 Å². The summed E-state index contributed by atoms with van der Waals surface area (Å²) >= 11 is 0. The van der Waals surface area contributed by atoms with Crippen molar-refractivity contribution >= 4 is 29.4 Å². The van der Waals surface area contributed by atoms with Crippen molar-refractivity contribution in [2.45, 2.75) is 75.0 Å². The van der Waals surface area contributed by atoms with E-state index in [1.807, 2.05) is 60.7 Å². The Balaban J connectivity index is 1.37. The van der Waals surface area contributed by atoms with Gasteiger partial charge in [-0.3, -0.25) is 19.2 Å². The lowest BCUT2D eigenvalue weighted by molar-refractivity contribution is -0.162. The number of methoxy groups -OCH3 is 1. The molecule has 11 heteroatoms. The number of rotatable bonds is 17. The van der Waals surface area contributed by atoms with Crippen molar-refractivity contribution in [2.75, 3.05) is 25.2 Å². The number of nitrogens with one attached hydrogen (secondary N) is 1. The molecule has 0 unspecified atom stereocenters. The number of anilines is 1. The lowest BCUT2D eigenvalue weighted by atomic mass is 9.70. The molecule has 3 aliphatic heterocycles. The first-order chi connectivity index (χ1) is 26.2.